The molecule has 0 fully saturated rings. The Balaban J connectivity index is 3.00. The maximum absolute atomic E-state index is 11.7. The fourth-order valence-corrected chi connectivity index (χ4v) is 1.28. The smallest absolute Gasteiger partial charge is 0.412 e. The van der Waals surface area contributed by atoms with Gasteiger partial charge in [-0.05, 0) is 27.7 Å². The lowest BCUT2D eigenvalue weighted by Crippen LogP contribution is -2.28. The van der Waals surface area contributed by atoms with Crippen LogP contribution in [0.15, 0.2) is 6.33 Å². The van der Waals surface area contributed by atoms with E-state index in [9.17, 15) is 9.59 Å². The second-order valence-electron chi connectivity index (χ2n) is 4.80. The van der Waals surface area contributed by atoms with Gasteiger partial charge in [-0.2, -0.15) is 0 Å². The number of nitrogens with one attached hydrogen (secondary N) is 1. The maximum Gasteiger partial charge on any atom is 0.412 e. The number of hydrogen-bond acceptors (Lipinski definition) is 6. The Hall–Kier alpha value is -2.18. The predicted octanol–water partition coefficient (Wildman–Crippen LogP) is 1.92. The summed E-state index contributed by atoms with van der Waals surface area (Å²) in [7, 11) is 1.23. The SMILES string of the molecule is COC(=O)c1ncnc(C)c1NC(=O)OC(C)(C)C. The molecule has 0 spiro atoms. The normalized spacial score (nSPS) is 10.8. The molecule has 0 aliphatic rings. The fraction of sp³-hybridized carbons (Fsp3) is 0.500. The van der Waals surface area contributed by atoms with Crippen LogP contribution in [0.4, 0.5) is 10.5 Å². The molecule has 0 saturated heterocycles. The Morgan fingerprint density at radius 1 is 1.26 bits per heavy atom. The lowest BCUT2D eigenvalue weighted by molar-refractivity contribution is 0.0595. The lowest BCUT2D eigenvalue weighted by atomic mass is 10.2. The zero-order chi connectivity index (χ0) is 14.6. The van der Waals surface area contributed by atoms with Crippen molar-refractivity contribution in [3.05, 3.63) is 17.7 Å². The number of ether oxygens (including phenoxy) is 2. The van der Waals surface area contributed by atoms with E-state index >= 15 is 0 Å². The minimum absolute atomic E-state index is 0.0131. The molecule has 1 aromatic rings. The Bertz CT molecular complexity index is 494. The van der Waals surface area contributed by atoms with Gasteiger partial charge < -0.3 is 9.47 Å². The van der Waals surface area contributed by atoms with Crippen LogP contribution >= 0.6 is 0 Å². The molecule has 0 bridgehead atoms. The molecular formula is C12H17N3O4. The second-order valence-corrected chi connectivity index (χ2v) is 4.80. The number of carbonyl (C=O) groups is 2. The van der Waals surface area contributed by atoms with Crippen LogP contribution in [0.5, 0.6) is 0 Å². The molecule has 0 aliphatic heterocycles. The van der Waals surface area contributed by atoms with E-state index in [2.05, 4.69) is 20.0 Å². The van der Waals surface area contributed by atoms with Gasteiger partial charge >= 0.3 is 12.1 Å². The van der Waals surface area contributed by atoms with Gasteiger partial charge in [0.15, 0.2) is 5.69 Å². The van der Waals surface area contributed by atoms with Gasteiger partial charge in [0.05, 0.1) is 18.5 Å². The van der Waals surface area contributed by atoms with E-state index in [1.165, 1.54) is 13.4 Å². The van der Waals surface area contributed by atoms with E-state index in [0.29, 0.717) is 5.69 Å². The number of amides is 1. The van der Waals surface area contributed by atoms with Crippen molar-refractivity contribution < 1.29 is 19.1 Å². The molecule has 104 valence electrons. The predicted molar refractivity (Wildman–Crippen MR) is 68.0 cm³/mol. The average Bonchev–Trinajstić information content (AvgIpc) is 2.28. The van der Waals surface area contributed by atoms with Gasteiger partial charge in [0.2, 0.25) is 0 Å². The summed E-state index contributed by atoms with van der Waals surface area (Å²) in [6.45, 7) is 6.85. The summed E-state index contributed by atoms with van der Waals surface area (Å²) < 4.78 is 9.70. The maximum atomic E-state index is 11.7. The Labute approximate surface area is 111 Å². The number of hydrogen-bond donors (Lipinski definition) is 1. The quantitative estimate of drug-likeness (QED) is 0.823. The number of rotatable bonds is 2. The highest BCUT2D eigenvalue weighted by atomic mass is 16.6. The van der Waals surface area contributed by atoms with Gasteiger partial charge in [-0.1, -0.05) is 0 Å². The first-order chi connectivity index (χ1) is 8.74. The zero-order valence-electron chi connectivity index (χ0n) is 11.6. The lowest BCUT2D eigenvalue weighted by Gasteiger charge is -2.20. The summed E-state index contributed by atoms with van der Waals surface area (Å²) in [6, 6.07) is 0. The largest absolute Gasteiger partial charge is 0.464 e. The molecule has 0 unspecified atom stereocenters. The summed E-state index contributed by atoms with van der Waals surface area (Å²) in [5, 5.41) is 2.46. The van der Waals surface area contributed by atoms with E-state index in [-0.39, 0.29) is 11.4 Å². The molecular weight excluding hydrogens is 250 g/mol. The summed E-state index contributed by atoms with van der Waals surface area (Å²) in [5.41, 5.74) is -0.0234. The highest BCUT2D eigenvalue weighted by Crippen LogP contribution is 2.18. The van der Waals surface area contributed by atoms with E-state index in [1.807, 2.05) is 0 Å². The van der Waals surface area contributed by atoms with Crippen molar-refractivity contribution in [1.82, 2.24) is 9.97 Å². The average molecular weight is 267 g/mol. The number of esters is 1. The van der Waals surface area contributed by atoms with Gasteiger partial charge in [-0.15, -0.1) is 0 Å². The summed E-state index contributed by atoms with van der Waals surface area (Å²) in [6.07, 6.45) is 0.539. The van der Waals surface area contributed by atoms with E-state index < -0.39 is 17.7 Å². The standard InChI is InChI=1S/C12H17N3O4/c1-7-8(15-11(17)19-12(2,3)4)9(10(16)18-5)14-6-13-7/h6H,1-5H3,(H,15,17). The molecule has 0 saturated carbocycles. The molecule has 19 heavy (non-hydrogen) atoms. The highest BCUT2D eigenvalue weighted by Gasteiger charge is 2.21. The summed E-state index contributed by atoms with van der Waals surface area (Å²) in [5.74, 6) is -0.656. The molecule has 1 amide bonds. The van der Waals surface area contributed by atoms with Crippen molar-refractivity contribution in [3.63, 3.8) is 0 Å². The first-order valence-corrected chi connectivity index (χ1v) is 5.64. The van der Waals surface area contributed by atoms with Crippen molar-refractivity contribution in [2.45, 2.75) is 33.3 Å². The van der Waals surface area contributed by atoms with Gasteiger partial charge in [0, 0.05) is 0 Å². The van der Waals surface area contributed by atoms with Crippen molar-refractivity contribution in [3.8, 4) is 0 Å². The first-order valence-electron chi connectivity index (χ1n) is 5.64. The van der Waals surface area contributed by atoms with Gasteiger partial charge in [-0.25, -0.2) is 19.6 Å². The topological polar surface area (TPSA) is 90.4 Å². The summed E-state index contributed by atoms with van der Waals surface area (Å²) in [4.78, 5) is 31.0. The number of methoxy groups -OCH3 is 1. The zero-order valence-corrected chi connectivity index (χ0v) is 11.6. The molecule has 0 aliphatic carbocycles. The van der Waals surface area contributed by atoms with Crippen molar-refractivity contribution >= 4 is 17.7 Å². The molecule has 1 heterocycles. The molecule has 7 nitrogen and oxygen atoms in total. The molecule has 1 aromatic heterocycles. The number of aromatic nitrogens is 2. The molecule has 1 N–H and O–H groups in total. The molecule has 0 radical (unpaired) electrons. The number of carbonyl (C=O) groups excluding carboxylic acids is 2. The van der Waals surface area contributed by atoms with Crippen LogP contribution in [0.1, 0.15) is 37.0 Å². The van der Waals surface area contributed by atoms with Crippen LogP contribution in [0.3, 0.4) is 0 Å². The van der Waals surface area contributed by atoms with E-state index in [4.69, 9.17) is 4.74 Å². The Morgan fingerprint density at radius 3 is 2.42 bits per heavy atom. The number of nitrogens with zero attached hydrogens (tertiary/aromatic N) is 2. The minimum Gasteiger partial charge on any atom is -0.464 e. The Morgan fingerprint density at radius 2 is 1.89 bits per heavy atom. The third-order valence-corrected chi connectivity index (χ3v) is 2.04. The Kier molecular flexibility index (Phi) is 4.42. The van der Waals surface area contributed by atoms with Gasteiger partial charge in [0.25, 0.3) is 0 Å². The molecule has 7 heteroatoms. The van der Waals surface area contributed by atoms with Gasteiger partial charge in [0.1, 0.15) is 11.9 Å². The minimum atomic E-state index is -0.685. The fourth-order valence-electron chi connectivity index (χ4n) is 1.28. The number of anilines is 1. The monoisotopic (exact) mass is 267 g/mol. The second kappa shape index (κ2) is 5.64. The van der Waals surface area contributed by atoms with Gasteiger partial charge in [-0.3, -0.25) is 5.32 Å². The highest BCUT2D eigenvalue weighted by molar-refractivity contribution is 5.98. The number of aryl methyl sites for hydroxylation is 1. The van der Waals surface area contributed by atoms with Crippen molar-refractivity contribution in [2.75, 3.05) is 12.4 Å². The molecule has 0 atom stereocenters. The third-order valence-electron chi connectivity index (χ3n) is 2.04. The molecule has 1 rings (SSSR count). The van der Waals surface area contributed by atoms with Crippen LogP contribution in [-0.2, 0) is 9.47 Å². The van der Waals surface area contributed by atoms with Crippen LogP contribution in [-0.4, -0.2) is 34.7 Å². The van der Waals surface area contributed by atoms with Crippen LogP contribution < -0.4 is 5.32 Å². The molecule has 0 aromatic carbocycles. The summed E-state index contributed by atoms with van der Waals surface area (Å²) >= 11 is 0. The van der Waals surface area contributed by atoms with E-state index in [0.717, 1.165) is 0 Å². The first kappa shape index (κ1) is 14.9. The van der Waals surface area contributed by atoms with E-state index in [1.54, 1.807) is 27.7 Å². The van der Waals surface area contributed by atoms with Crippen LogP contribution in [0.25, 0.3) is 0 Å². The van der Waals surface area contributed by atoms with Crippen molar-refractivity contribution in [1.29, 1.82) is 0 Å². The third kappa shape index (κ3) is 4.20. The van der Waals surface area contributed by atoms with Crippen molar-refractivity contribution in [2.24, 2.45) is 0 Å². The van der Waals surface area contributed by atoms with Crippen LogP contribution in [0.2, 0.25) is 0 Å². The van der Waals surface area contributed by atoms with Crippen LogP contribution in [0, 0.1) is 6.92 Å².